The number of rotatable bonds is 15. The molecular formula is C40H40N8O9S2. The summed E-state index contributed by atoms with van der Waals surface area (Å²) in [5, 5.41) is 20.9. The normalized spacial score (nSPS) is 13.3. The Balaban J connectivity index is 1.51. The van der Waals surface area contributed by atoms with Crippen LogP contribution in [-0.2, 0) is 39.5 Å². The molecule has 3 heterocycles. The van der Waals surface area contributed by atoms with E-state index in [4.69, 9.17) is 19.9 Å². The molecule has 4 aromatic carbocycles. The molecule has 0 saturated carbocycles. The molecule has 1 fully saturated rings. The number of amides is 1. The molecule has 2 aromatic heterocycles. The van der Waals surface area contributed by atoms with Crippen LogP contribution in [0.1, 0.15) is 16.7 Å². The molecule has 0 radical (unpaired) electrons. The summed E-state index contributed by atoms with van der Waals surface area (Å²) in [4.78, 5) is 15.8. The molecule has 0 spiro atoms. The molecule has 306 valence electrons. The van der Waals surface area contributed by atoms with E-state index >= 15 is 8.42 Å². The number of carboxylic acid groups (broad SMARTS) is 1. The summed E-state index contributed by atoms with van der Waals surface area (Å²) in [6.07, 6.45) is 0.175. The van der Waals surface area contributed by atoms with E-state index in [0.717, 1.165) is 10.5 Å². The third-order valence-electron chi connectivity index (χ3n) is 9.99. The number of anilines is 1. The van der Waals surface area contributed by atoms with E-state index in [-0.39, 0.29) is 55.5 Å². The number of aromatic nitrogens is 5. The van der Waals surface area contributed by atoms with Crippen LogP contribution in [-0.4, -0.2) is 102 Å². The summed E-state index contributed by atoms with van der Waals surface area (Å²) >= 11 is 0. The zero-order valence-electron chi connectivity index (χ0n) is 32.2. The number of carbonyl (C=O) groups is 1. The number of nitrogens with zero attached hydrogens (tertiary/aromatic N) is 7. The number of likely N-dealkylation sites (tertiary alicyclic amines) is 1. The predicted octanol–water partition coefficient (Wildman–Crippen LogP) is 4.59. The van der Waals surface area contributed by atoms with Crippen LogP contribution in [0, 0.1) is 0 Å². The molecule has 17 nitrogen and oxygen atoms in total. The highest BCUT2D eigenvalue weighted by molar-refractivity contribution is 7.94. The number of nitrogen functional groups attached to an aromatic ring is 1. The van der Waals surface area contributed by atoms with Crippen molar-refractivity contribution in [2.45, 2.75) is 34.7 Å². The minimum absolute atomic E-state index is 0.0336. The molecule has 3 N–H and O–H groups in total. The van der Waals surface area contributed by atoms with Gasteiger partial charge in [-0.2, -0.15) is 4.31 Å². The Kier molecular flexibility index (Phi) is 11.5. The summed E-state index contributed by atoms with van der Waals surface area (Å²) in [6.45, 7) is -1.09. The van der Waals surface area contributed by atoms with Gasteiger partial charge in [-0.05, 0) is 87.3 Å². The Hall–Kier alpha value is -6.57. The van der Waals surface area contributed by atoms with E-state index in [1.165, 1.54) is 41.5 Å². The second-order valence-electron chi connectivity index (χ2n) is 13.6. The third kappa shape index (κ3) is 8.25. The molecular weight excluding hydrogens is 801 g/mol. The van der Waals surface area contributed by atoms with Crippen LogP contribution in [0.5, 0.6) is 17.2 Å². The van der Waals surface area contributed by atoms with Crippen LogP contribution in [0.15, 0.2) is 113 Å². The maximum absolute atomic E-state index is 15.8. The first kappa shape index (κ1) is 40.6. The maximum atomic E-state index is 15.8. The lowest BCUT2D eigenvalue weighted by Crippen LogP contribution is -2.56. The van der Waals surface area contributed by atoms with Crippen LogP contribution in [0.25, 0.3) is 22.5 Å². The highest BCUT2D eigenvalue weighted by atomic mass is 32.2. The predicted molar refractivity (Wildman–Crippen MR) is 216 cm³/mol. The van der Waals surface area contributed by atoms with Crippen molar-refractivity contribution in [1.29, 1.82) is 0 Å². The number of methoxy groups -OCH3 is 3. The number of pyridine rings is 1. The van der Waals surface area contributed by atoms with Crippen molar-refractivity contribution in [3.05, 3.63) is 120 Å². The standard InChI is InChI=1S/C40H40N8O9S2/c1-55-29-12-6-26(7-13-29)21-47(22-27-8-14-30(56-2)15-9-27)59(53,54)37-35(58(51,52)32-24-46(25-32)40(49)50)19-18-33(34-5-4-20-42-38(34)41)36(37)39-43-44-45-48(39)23-28-10-16-31(57-3)17-11-28/h4-20,32H,21-25H2,1-3H3,(H2,41,42)(H,49,50). The highest BCUT2D eigenvalue weighted by Gasteiger charge is 2.45. The highest BCUT2D eigenvalue weighted by Crippen LogP contribution is 2.44. The molecule has 1 aliphatic rings. The summed E-state index contributed by atoms with van der Waals surface area (Å²) < 4.78 is 79.8. The Bertz CT molecular complexity index is 2640. The molecule has 0 unspecified atom stereocenters. The Labute approximate surface area is 340 Å². The average molecular weight is 841 g/mol. The van der Waals surface area contributed by atoms with Crippen LogP contribution in [0.2, 0.25) is 0 Å². The molecule has 0 aliphatic carbocycles. The molecule has 7 rings (SSSR count). The van der Waals surface area contributed by atoms with Gasteiger partial charge in [0.05, 0.1) is 38.3 Å². The lowest BCUT2D eigenvalue weighted by atomic mass is 9.99. The average Bonchev–Trinajstić information content (AvgIpc) is 3.67. The number of ether oxygens (including phenoxy) is 3. The molecule has 59 heavy (non-hydrogen) atoms. The number of hydrogen-bond donors (Lipinski definition) is 2. The van der Waals surface area contributed by atoms with E-state index in [2.05, 4.69) is 20.5 Å². The molecule has 1 amide bonds. The molecule has 1 aliphatic heterocycles. The van der Waals surface area contributed by atoms with Gasteiger partial charge in [0.1, 0.15) is 33.2 Å². The fourth-order valence-corrected chi connectivity index (χ4v) is 10.8. The van der Waals surface area contributed by atoms with Gasteiger partial charge in [0.25, 0.3) is 0 Å². The minimum Gasteiger partial charge on any atom is -0.497 e. The van der Waals surface area contributed by atoms with Gasteiger partial charge in [-0.15, -0.1) is 5.10 Å². The fraction of sp³-hybridized carbons (Fsp3) is 0.225. The number of sulfonamides is 1. The first-order chi connectivity index (χ1) is 28.3. The zero-order valence-corrected chi connectivity index (χ0v) is 33.8. The third-order valence-corrected chi connectivity index (χ3v) is 14.1. The van der Waals surface area contributed by atoms with Gasteiger partial charge in [0.2, 0.25) is 10.0 Å². The fourth-order valence-electron chi connectivity index (χ4n) is 6.72. The van der Waals surface area contributed by atoms with Crippen LogP contribution in [0.3, 0.4) is 0 Å². The summed E-state index contributed by atoms with van der Waals surface area (Å²) in [5.74, 6) is 1.67. The molecule has 6 aromatic rings. The first-order valence-corrected chi connectivity index (χ1v) is 21.1. The van der Waals surface area contributed by atoms with Crippen molar-refractivity contribution in [3.8, 4) is 39.8 Å². The van der Waals surface area contributed by atoms with Gasteiger partial charge in [-0.25, -0.2) is 31.3 Å². The van der Waals surface area contributed by atoms with E-state index in [0.29, 0.717) is 33.9 Å². The quantitative estimate of drug-likeness (QED) is 0.145. The van der Waals surface area contributed by atoms with E-state index < -0.39 is 41.0 Å². The topological polar surface area (TPSA) is 222 Å². The first-order valence-electron chi connectivity index (χ1n) is 18.1. The maximum Gasteiger partial charge on any atom is 0.407 e. The number of tetrazole rings is 1. The van der Waals surface area contributed by atoms with Crippen LogP contribution >= 0.6 is 0 Å². The van der Waals surface area contributed by atoms with E-state index in [1.54, 1.807) is 92.0 Å². The van der Waals surface area contributed by atoms with Crippen LogP contribution < -0.4 is 19.9 Å². The van der Waals surface area contributed by atoms with Crippen LogP contribution in [0.4, 0.5) is 10.6 Å². The molecule has 1 saturated heterocycles. The monoisotopic (exact) mass is 840 g/mol. The van der Waals surface area contributed by atoms with E-state index in [9.17, 15) is 18.3 Å². The smallest absolute Gasteiger partial charge is 0.407 e. The van der Waals surface area contributed by atoms with Gasteiger partial charge < -0.3 is 30.0 Å². The number of benzene rings is 4. The molecule has 0 atom stereocenters. The van der Waals surface area contributed by atoms with Crippen molar-refractivity contribution < 1.29 is 40.9 Å². The second kappa shape index (κ2) is 16.7. The SMILES string of the molecule is COc1ccc(CN(Cc2ccc(OC)cc2)S(=O)(=O)c2c(S(=O)(=O)C3CN(C(=O)O)C3)ccc(-c3cccnc3N)c2-c2nnnn2Cc2ccc(OC)cc2)cc1. The Morgan fingerprint density at radius 2 is 1.32 bits per heavy atom. The second-order valence-corrected chi connectivity index (χ2v) is 17.7. The van der Waals surface area contributed by atoms with Gasteiger partial charge >= 0.3 is 6.09 Å². The number of nitrogens with two attached hydrogens (primary N) is 1. The minimum atomic E-state index is -4.91. The lowest BCUT2D eigenvalue weighted by Gasteiger charge is -2.37. The van der Waals surface area contributed by atoms with Crippen molar-refractivity contribution in [3.63, 3.8) is 0 Å². The largest absolute Gasteiger partial charge is 0.497 e. The van der Waals surface area contributed by atoms with Gasteiger partial charge in [-0.1, -0.05) is 42.5 Å². The van der Waals surface area contributed by atoms with Crippen molar-refractivity contribution in [2.75, 3.05) is 40.2 Å². The van der Waals surface area contributed by atoms with Gasteiger partial charge in [-0.3, -0.25) is 0 Å². The number of sulfone groups is 1. The summed E-state index contributed by atoms with van der Waals surface area (Å²) in [7, 11) is -4.91. The molecule has 19 heteroatoms. The van der Waals surface area contributed by atoms with Crippen molar-refractivity contribution in [2.24, 2.45) is 0 Å². The van der Waals surface area contributed by atoms with Crippen molar-refractivity contribution in [1.82, 2.24) is 34.4 Å². The molecule has 0 bridgehead atoms. The van der Waals surface area contributed by atoms with Gasteiger partial charge in [0.15, 0.2) is 15.7 Å². The lowest BCUT2D eigenvalue weighted by molar-refractivity contribution is 0.120. The summed E-state index contributed by atoms with van der Waals surface area (Å²) in [5.41, 5.74) is 8.64. The van der Waals surface area contributed by atoms with Crippen molar-refractivity contribution >= 4 is 31.8 Å². The Morgan fingerprint density at radius 3 is 1.83 bits per heavy atom. The van der Waals surface area contributed by atoms with Gasteiger partial charge in [0, 0.05) is 37.9 Å². The number of hydrogen-bond acceptors (Lipinski definition) is 13. The van der Waals surface area contributed by atoms with E-state index in [1.807, 2.05) is 0 Å². The Morgan fingerprint density at radius 1 is 0.780 bits per heavy atom. The zero-order chi connectivity index (χ0) is 41.9. The summed E-state index contributed by atoms with van der Waals surface area (Å²) in [6, 6.07) is 26.6.